The Hall–Kier alpha value is -1.75. The van der Waals surface area contributed by atoms with E-state index in [4.69, 9.17) is 5.73 Å². The van der Waals surface area contributed by atoms with Crippen molar-refractivity contribution in [3.05, 3.63) is 60.2 Å². The zero-order valence-corrected chi connectivity index (χ0v) is 15.7. The van der Waals surface area contributed by atoms with Crippen LogP contribution in [0.15, 0.2) is 54.6 Å². The predicted octanol–water partition coefficient (Wildman–Crippen LogP) is 4.16. The lowest BCUT2D eigenvalue weighted by atomic mass is 10.0. The molecule has 0 aromatic heterocycles. The van der Waals surface area contributed by atoms with Gasteiger partial charge in [-0.25, -0.2) is 0 Å². The number of benzene rings is 2. The molecule has 0 spiro atoms. The minimum absolute atomic E-state index is 0. The van der Waals surface area contributed by atoms with Crippen molar-refractivity contribution in [2.75, 3.05) is 23.3 Å². The smallest absolute Gasteiger partial charge is 0.226 e. The molecule has 0 bridgehead atoms. The molecule has 0 radical (unpaired) electrons. The number of hydrogen-bond acceptors (Lipinski definition) is 3. The van der Waals surface area contributed by atoms with Gasteiger partial charge in [0.1, 0.15) is 0 Å². The van der Waals surface area contributed by atoms with E-state index < -0.39 is 0 Å². The third kappa shape index (κ3) is 5.92. The van der Waals surface area contributed by atoms with E-state index in [2.05, 4.69) is 16.3 Å². The van der Waals surface area contributed by atoms with Crippen molar-refractivity contribution in [3.8, 4) is 0 Å². The first kappa shape index (κ1) is 21.3. The molecule has 0 aliphatic carbocycles. The second-order valence-corrected chi connectivity index (χ2v) is 6.01. The molecule has 1 fully saturated rings. The number of carbonyl (C=O) groups excluding carboxylic acids is 1. The number of amides is 1. The lowest BCUT2D eigenvalue weighted by Crippen LogP contribution is -2.21. The van der Waals surface area contributed by atoms with E-state index in [9.17, 15) is 4.79 Å². The van der Waals surface area contributed by atoms with Crippen molar-refractivity contribution in [2.24, 2.45) is 5.73 Å². The Bertz CT molecular complexity index is 661. The first-order chi connectivity index (χ1) is 11.2. The van der Waals surface area contributed by atoms with Gasteiger partial charge in [-0.15, -0.1) is 24.8 Å². The molecular weight excluding hydrogens is 357 g/mol. The molecule has 1 aliphatic heterocycles. The highest BCUT2D eigenvalue weighted by molar-refractivity contribution is 5.91. The van der Waals surface area contributed by atoms with Crippen LogP contribution in [0.3, 0.4) is 0 Å². The summed E-state index contributed by atoms with van der Waals surface area (Å²) >= 11 is 0. The summed E-state index contributed by atoms with van der Waals surface area (Å²) in [6.45, 7) is 2.19. The molecule has 6 heteroatoms. The summed E-state index contributed by atoms with van der Waals surface area (Å²) < 4.78 is 0. The number of anilines is 2. The molecular formula is C19H25Cl2N3O. The molecule has 3 N–H and O–H groups in total. The van der Waals surface area contributed by atoms with Crippen molar-refractivity contribution < 1.29 is 4.79 Å². The standard InChI is InChI=1S/C19H23N3O.2ClH/c20-18(15-7-2-1-3-8-15)14-19(23)21-16-9-6-10-17(13-16)22-11-4-5-12-22;;/h1-3,6-10,13,18H,4-5,11-12,14,20H2,(H,21,23);2*1H. The summed E-state index contributed by atoms with van der Waals surface area (Å²) in [7, 11) is 0. The van der Waals surface area contributed by atoms with Crippen molar-refractivity contribution in [2.45, 2.75) is 25.3 Å². The highest BCUT2D eigenvalue weighted by Crippen LogP contribution is 2.23. The summed E-state index contributed by atoms with van der Waals surface area (Å²) in [5.41, 5.74) is 9.10. The fourth-order valence-electron chi connectivity index (χ4n) is 2.99. The van der Waals surface area contributed by atoms with E-state index in [0.717, 1.165) is 24.3 Å². The quantitative estimate of drug-likeness (QED) is 0.817. The number of nitrogens with two attached hydrogens (primary N) is 1. The van der Waals surface area contributed by atoms with Crippen LogP contribution in [0.5, 0.6) is 0 Å². The summed E-state index contributed by atoms with van der Waals surface area (Å²) in [4.78, 5) is 14.6. The molecule has 1 unspecified atom stereocenters. The van der Waals surface area contributed by atoms with E-state index in [-0.39, 0.29) is 43.2 Å². The lowest BCUT2D eigenvalue weighted by Gasteiger charge is -2.18. The summed E-state index contributed by atoms with van der Waals surface area (Å²) in [6.07, 6.45) is 2.75. The normalized spacial score (nSPS) is 14.2. The van der Waals surface area contributed by atoms with E-state index in [1.165, 1.54) is 18.5 Å². The van der Waals surface area contributed by atoms with Crippen LogP contribution in [0.1, 0.15) is 30.9 Å². The highest BCUT2D eigenvalue weighted by atomic mass is 35.5. The molecule has 2 aromatic rings. The molecule has 1 aliphatic rings. The zero-order chi connectivity index (χ0) is 16.1. The Morgan fingerprint density at radius 1 is 1.04 bits per heavy atom. The van der Waals surface area contributed by atoms with Gasteiger partial charge in [0.15, 0.2) is 0 Å². The molecule has 1 saturated heterocycles. The van der Waals surface area contributed by atoms with Crippen LogP contribution in [-0.2, 0) is 4.79 Å². The van der Waals surface area contributed by atoms with Crippen molar-refractivity contribution >= 4 is 42.1 Å². The molecule has 136 valence electrons. The zero-order valence-electron chi connectivity index (χ0n) is 14.1. The van der Waals surface area contributed by atoms with E-state index in [0.29, 0.717) is 0 Å². The van der Waals surface area contributed by atoms with Gasteiger partial charge in [-0.2, -0.15) is 0 Å². The fourth-order valence-corrected chi connectivity index (χ4v) is 2.99. The van der Waals surface area contributed by atoms with Gasteiger partial charge >= 0.3 is 0 Å². The van der Waals surface area contributed by atoms with Crippen LogP contribution < -0.4 is 16.0 Å². The fraction of sp³-hybridized carbons (Fsp3) is 0.316. The molecule has 1 atom stereocenters. The molecule has 1 amide bonds. The van der Waals surface area contributed by atoms with E-state index in [1.807, 2.05) is 48.5 Å². The van der Waals surface area contributed by atoms with Crippen LogP contribution in [0.4, 0.5) is 11.4 Å². The first-order valence-corrected chi connectivity index (χ1v) is 8.18. The van der Waals surface area contributed by atoms with E-state index >= 15 is 0 Å². The van der Waals surface area contributed by atoms with Gasteiger partial charge in [0, 0.05) is 36.9 Å². The van der Waals surface area contributed by atoms with Crippen LogP contribution in [0.2, 0.25) is 0 Å². The number of halogens is 2. The van der Waals surface area contributed by atoms with Crippen LogP contribution in [0.25, 0.3) is 0 Å². The van der Waals surface area contributed by atoms with Gasteiger partial charge in [0.25, 0.3) is 0 Å². The van der Waals surface area contributed by atoms with Crippen molar-refractivity contribution in [1.29, 1.82) is 0 Å². The molecule has 0 saturated carbocycles. The van der Waals surface area contributed by atoms with Crippen LogP contribution in [0, 0.1) is 0 Å². The predicted molar refractivity (Wildman–Crippen MR) is 109 cm³/mol. The Kier molecular flexibility index (Phi) is 8.76. The third-order valence-electron chi connectivity index (χ3n) is 4.23. The molecule has 25 heavy (non-hydrogen) atoms. The van der Waals surface area contributed by atoms with Gasteiger partial charge < -0.3 is 16.0 Å². The van der Waals surface area contributed by atoms with Gasteiger partial charge in [-0.3, -0.25) is 4.79 Å². The van der Waals surface area contributed by atoms with Gasteiger partial charge in [-0.05, 0) is 36.6 Å². The second-order valence-electron chi connectivity index (χ2n) is 6.01. The number of hydrogen-bond donors (Lipinski definition) is 2. The van der Waals surface area contributed by atoms with Gasteiger partial charge in [-0.1, -0.05) is 36.4 Å². The maximum Gasteiger partial charge on any atom is 0.226 e. The molecule has 3 rings (SSSR count). The third-order valence-corrected chi connectivity index (χ3v) is 4.23. The minimum Gasteiger partial charge on any atom is -0.371 e. The average Bonchev–Trinajstić information content (AvgIpc) is 3.10. The van der Waals surface area contributed by atoms with E-state index in [1.54, 1.807) is 0 Å². The SMILES string of the molecule is Cl.Cl.NC(CC(=O)Nc1cccc(N2CCCC2)c1)c1ccccc1. The van der Waals surface area contributed by atoms with Crippen molar-refractivity contribution in [1.82, 2.24) is 0 Å². The average molecular weight is 382 g/mol. The first-order valence-electron chi connectivity index (χ1n) is 8.18. The largest absolute Gasteiger partial charge is 0.371 e. The maximum absolute atomic E-state index is 12.2. The summed E-state index contributed by atoms with van der Waals surface area (Å²) in [6, 6.07) is 17.5. The molecule has 4 nitrogen and oxygen atoms in total. The number of carbonyl (C=O) groups is 1. The van der Waals surface area contributed by atoms with Crippen LogP contribution >= 0.6 is 24.8 Å². The van der Waals surface area contributed by atoms with Gasteiger partial charge in [0.05, 0.1) is 0 Å². The van der Waals surface area contributed by atoms with Gasteiger partial charge in [0.2, 0.25) is 5.91 Å². The Morgan fingerprint density at radius 3 is 2.40 bits per heavy atom. The van der Waals surface area contributed by atoms with Crippen molar-refractivity contribution in [3.63, 3.8) is 0 Å². The number of rotatable bonds is 5. The lowest BCUT2D eigenvalue weighted by molar-refractivity contribution is -0.116. The molecule has 1 heterocycles. The Morgan fingerprint density at radius 2 is 1.72 bits per heavy atom. The Labute approximate surface area is 161 Å². The molecule has 2 aromatic carbocycles. The van der Waals surface area contributed by atoms with Crippen LogP contribution in [-0.4, -0.2) is 19.0 Å². The Balaban J connectivity index is 0.00000156. The second kappa shape index (κ2) is 10.3. The highest BCUT2D eigenvalue weighted by Gasteiger charge is 2.14. The monoisotopic (exact) mass is 381 g/mol. The minimum atomic E-state index is -0.280. The number of nitrogens with one attached hydrogen (secondary N) is 1. The number of nitrogens with zero attached hydrogens (tertiary/aromatic N) is 1. The summed E-state index contributed by atoms with van der Waals surface area (Å²) in [5, 5.41) is 2.96. The topological polar surface area (TPSA) is 58.4 Å². The summed E-state index contributed by atoms with van der Waals surface area (Å²) in [5.74, 6) is -0.0556. The maximum atomic E-state index is 12.2.